The van der Waals surface area contributed by atoms with Crippen LogP contribution in [0.15, 0.2) is 42.5 Å². The number of nitrogens with one attached hydrogen (secondary N) is 2. The highest BCUT2D eigenvalue weighted by molar-refractivity contribution is 5.70. The summed E-state index contributed by atoms with van der Waals surface area (Å²) in [4.78, 5) is 12.4. The van der Waals surface area contributed by atoms with E-state index in [0.717, 1.165) is 41.2 Å². The highest BCUT2D eigenvalue weighted by Gasteiger charge is 2.30. The first kappa shape index (κ1) is 17.5. The van der Waals surface area contributed by atoms with Crippen LogP contribution in [-0.4, -0.2) is 25.3 Å². The van der Waals surface area contributed by atoms with Gasteiger partial charge in [0.25, 0.3) is 0 Å². The Morgan fingerprint density at radius 1 is 1.19 bits per heavy atom. The summed E-state index contributed by atoms with van der Waals surface area (Å²) in [6, 6.07) is 13.7. The van der Waals surface area contributed by atoms with Crippen LogP contribution in [0.5, 0.6) is 11.5 Å². The summed E-state index contributed by atoms with van der Waals surface area (Å²) in [6.07, 6.45) is 1.34. The third-order valence-electron chi connectivity index (χ3n) is 4.97. The number of benzene rings is 2. The molecule has 27 heavy (non-hydrogen) atoms. The number of rotatable bonds is 4. The average Bonchev–Trinajstić information content (AvgIpc) is 2.71. The zero-order valence-corrected chi connectivity index (χ0v) is 15.4. The first-order valence-corrected chi connectivity index (χ1v) is 9.40. The molecule has 0 aliphatic carbocycles. The molecule has 2 heterocycles. The number of anilines is 1. The molecule has 2 unspecified atom stereocenters. The van der Waals surface area contributed by atoms with E-state index in [1.165, 1.54) is 0 Å². The van der Waals surface area contributed by atoms with Crippen molar-refractivity contribution in [1.29, 1.82) is 0 Å². The minimum absolute atomic E-state index is 0.134. The molecule has 0 aromatic heterocycles. The number of carbonyl (C=O) groups is 1. The van der Waals surface area contributed by atoms with E-state index >= 15 is 0 Å². The van der Waals surface area contributed by atoms with Gasteiger partial charge in [-0.2, -0.15) is 0 Å². The Hall–Kier alpha value is -2.89. The van der Waals surface area contributed by atoms with Gasteiger partial charge in [-0.05, 0) is 24.5 Å². The smallest absolute Gasteiger partial charge is 0.407 e. The van der Waals surface area contributed by atoms with Crippen molar-refractivity contribution in [3.05, 3.63) is 53.6 Å². The predicted molar refractivity (Wildman–Crippen MR) is 102 cm³/mol. The van der Waals surface area contributed by atoms with Crippen molar-refractivity contribution < 1.29 is 19.0 Å². The Balaban J connectivity index is 1.49. The minimum atomic E-state index is -0.415. The lowest BCUT2D eigenvalue weighted by molar-refractivity contribution is 0.134. The lowest BCUT2D eigenvalue weighted by Crippen LogP contribution is -2.37. The molecule has 6 nitrogen and oxygen atoms in total. The third kappa shape index (κ3) is 3.94. The summed E-state index contributed by atoms with van der Waals surface area (Å²) >= 11 is 0. The highest BCUT2D eigenvalue weighted by Crippen LogP contribution is 2.42. The Morgan fingerprint density at radius 3 is 2.67 bits per heavy atom. The van der Waals surface area contributed by atoms with Gasteiger partial charge >= 0.3 is 6.09 Å². The second-order valence-corrected chi connectivity index (χ2v) is 6.83. The lowest BCUT2D eigenvalue weighted by Gasteiger charge is -2.34. The standard InChI is InChI=1S/C21H24N2O4/c1-2-15-10-17(23-21(24)27-13-14-6-4-3-5-7-14)16-11-19-20(12-18(16)22-15)26-9-8-25-19/h3-7,11-12,15,17,22H,2,8-10,13H2,1H3,(H,23,24). The zero-order valence-electron chi connectivity index (χ0n) is 15.4. The molecule has 2 N–H and O–H groups in total. The van der Waals surface area contributed by atoms with E-state index in [4.69, 9.17) is 14.2 Å². The summed E-state index contributed by atoms with van der Waals surface area (Å²) in [5.74, 6) is 1.47. The van der Waals surface area contributed by atoms with Crippen molar-refractivity contribution in [3.8, 4) is 11.5 Å². The molecule has 0 spiro atoms. The van der Waals surface area contributed by atoms with Crippen LogP contribution in [0.3, 0.4) is 0 Å². The van der Waals surface area contributed by atoms with Crippen molar-refractivity contribution in [1.82, 2.24) is 5.32 Å². The molecule has 0 saturated heterocycles. The van der Waals surface area contributed by atoms with Crippen LogP contribution < -0.4 is 20.1 Å². The zero-order chi connectivity index (χ0) is 18.6. The Labute approximate surface area is 158 Å². The minimum Gasteiger partial charge on any atom is -0.486 e. The fourth-order valence-electron chi connectivity index (χ4n) is 3.52. The summed E-state index contributed by atoms with van der Waals surface area (Å²) in [7, 11) is 0. The number of alkyl carbamates (subject to hydrolysis) is 1. The van der Waals surface area contributed by atoms with Gasteiger partial charge in [-0.3, -0.25) is 0 Å². The average molecular weight is 368 g/mol. The van der Waals surface area contributed by atoms with Gasteiger partial charge in [-0.15, -0.1) is 0 Å². The van der Waals surface area contributed by atoms with Crippen LogP contribution >= 0.6 is 0 Å². The molecule has 2 aromatic rings. The Bertz CT molecular complexity index is 809. The monoisotopic (exact) mass is 368 g/mol. The molecule has 0 saturated carbocycles. The Morgan fingerprint density at radius 2 is 1.93 bits per heavy atom. The Kier molecular flexibility index (Phi) is 5.05. The predicted octanol–water partition coefficient (Wildman–Crippen LogP) is 4.02. The van der Waals surface area contributed by atoms with Crippen LogP contribution in [0.4, 0.5) is 10.5 Å². The topological polar surface area (TPSA) is 68.8 Å². The quantitative estimate of drug-likeness (QED) is 0.853. The molecule has 6 heteroatoms. The van der Waals surface area contributed by atoms with Crippen molar-refractivity contribution in [2.24, 2.45) is 0 Å². The third-order valence-corrected chi connectivity index (χ3v) is 4.97. The van der Waals surface area contributed by atoms with Gasteiger partial charge in [0.05, 0.1) is 6.04 Å². The molecule has 0 bridgehead atoms. The van der Waals surface area contributed by atoms with Gasteiger partial charge in [0.2, 0.25) is 0 Å². The molecule has 2 aliphatic rings. The number of ether oxygens (including phenoxy) is 3. The maximum absolute atomic E-state index is 12.4. The SMILES string of the molecule is CCC1CC(NC(=O)OCc2ccccc2)c2cc3c(cc2N1)OCCO3. The first-order chi connectivity index (χ1) is 13.2. The van der Waals surface area contributed by atoms with E-state index < -0.39 is 6.09 Å². The van der Waals surface area contributed by atoms with Crippen molar-refractivity contribution >= 4 is 11.8 Å². The molecule has 2 aromatic carbocycles. The van der Waals surface area contributed by atoms with Gasteiger partial charge in [0, 0.05) is 23.4 Å². The lowest BCUT2D eigenvalue weighted by atomic mass is 9.91. The molecular formula is C21H24N2O4. The molecule has 2 aliphatic heterocycles. The van der Waals surface area contributed by atoms with Crippen molar-refractivity contribution in [3.63, 3.8) is 0 Å². The van der Waals surface area contributed by atoms with Gasteiger partial charge in [-0.1, -0.05) is 37.3 Å². The number of fused-ring (bicyclic) bond motifs is 2. The number of hydrogen-bond donors (Lipinski definition) is 2. The molecule has 0 radical (unpaired) electrons. The maximum atomic E-state index is 12.4. The fourth-order valence-corrected chi connectivity index (χ4v) is 3.52. The van der Waals surface area contributed by atoms with Crippen molar-refractivity contribution in [2.75, 3.05) is 18.5 Å². The van der Waals surface area contributed by atoms with Gasteiger partial charge < -0.3 is 24.8 Å². The van der Waals surface area contributed by atoms with E-state index in [9.17, 15) is 4.79 Å². The molecule has 4 rings (SSSR count). The fraction of sp³-hybridized carbons (Fsp3) is 0.381. The van der Waals surface area contributed by atoms with Crippen LogP contribution in [0.1, 0.15) is 36.9 Å². The van der Waals surface area contributed by atoms with E-state index in [1.54, 1.807) is 0 Å². The molecule has 142 valence electrons. The normalized spacial score (nSPS) is 20.2. The van der Waals surface area contributed by atoms with Crippen LogP contribution in [0.2, 0.25) is 0 Å². The van der Waals surface area contributed by atoms with E-state index in [0.29, 0.717) is 13.2 Å². The molecular weight excluding hydrogens is 344 g/mol. The number of carbonyl (C=O) groups excluding carboxylic acids is 1. The molecule has 2 atom stereocenters. The van der Waals surface area contributed by atoms with Gasteiger partial charge in [-0.25, -0.2) is 4.79 Å². The van der Waals surface area contributed by atoms with E-state index in [2.05, 4.69) is 17.6 Å². The van der Waals surface area contributed by atoms with Crippen LogP contribution in [0.25, 0.3) is 0 Å². The van der Waals surface area contributed by atoms with Gasteiger partial charge in [0.1, 0.15) is 19.8 Å². The molecule has 1 amide bonds. The first-order valence-electron chi connectivity index (χ1n) is 9.40. The second kappa shape index (κ2) is 7.78. The summed E-state index contributed by atoms with van der Waals surface area (Å²) in [5, 5.41) is 6.55. The van der Waals surface area contributed by atoms with Crippen LogP contribution in [0, 0.1) is 0 Å². The summed E-state index contributed by atoms with van der Waals surface area (Å²) in [6.45, 7) is 3.47. The largest absolute Gasteiger partial charge is 0.486 e. The van der Waals surface area contributed by atoms with Crippen LogP contribution in [-0.2, 0) is 11.3 Å². The van der Waals surface area contributed by atoms with Gasteiger partial charge in [0.15, 0.2) is 11.5 Å². The summed E-state index contributed by atoms with van der Waals surface area (Å²) < 4.78 is 16.8. The van der Waals surface area contributed by atoms with E-state index in [1.807, 2.05) is 42.5 Å². The number of hydrogen-bond acceptors (Lipinski definition) is 5. The highest BCUT2D eigenvalue weighted by atomic mass is 16.6. The van der Waals surface area contributed by atoms with E-state index in [-0.39, 0.29) is 18.7 Å². The summed E-state index contributed by atoms with van der Waals surface area (Å²) in [5.41, 5.74) is 2.94. The number of amides is 1. The molecule has 0 fully saturated rings. The second-order valence-electron chi connectivity index (χ2n) is 6.83. The van der Waals surface area contributed by atoms with Crippen molar-refractivity contribution in [2.45, 2.75) is 38.5 Å². The maximum Gasteiger partial charge on any atom is 0.407 e.